The Morgan fingerprint density at radius 1 is 1.00 bits per heavy atom. The molecule has 0 aliphatic heterocycles. The first-order valence-corrected chi connectivity index (χ1v) is 9.03. The third-order valence-corrected chi connectivity index (χ3v) is 4.23. The van der Waals surface area contributed by atoms with Crippen LogP contribution < -0.4 is 16.1 Å². The fourth-order valence-electron chi connectivity index (χ4n) is 2.77. The van der Waals surface area contributed by atoms with E-state index in [2.05, 4.69) is 10.6 Å². The molecule has 1 aromatic rings. The molecule has 1 aromatic carbocycles. The fraction of sp³-hybridized carbons (Fsp3) is 0.526. The first-order valence-electron chi connectivity index (χ1n) is 9.03. The first kappa shape index (κ1) is 23.7. The molecule has 1 rings (SSSR count). The average Bonchev–Trinajstić information content (AvgIpc) is 2.66. The molecule has 0 fully saturated rings. The van der Waals surface area contributed by atoms with Crippen molar-refractivity contribution in [2.75, 3.05) is 21.3 Å². The maximum Gasteiger partial charge on any atom is 0.493 e. The quantitative estimate of drug-likeness (QED) is 0.431. The molecular weight excluding hydrogens is 363 g/mol. The van der Waals surface area contributed by atoms with Crippen molar-refractivity contribution in [3.8, 4) is 0 Å². The average molecular weight is 392 g/mol. The summed E-state index contributed by atoms with van der Waals surface area (Å²) in [5, 5.41) is 5.29. The summed E-state index contributed by atoms with van der Waals surface area (Å²) in [7, 11) is 3.88. The van der Waals surface area contributed by atoms with Crippen molar-refractivity contribution < 1.29 is 28.4 Å². The number of carbonyl (C=O) groups is 3. The molecule has 0 unspecified atom stereocenters. The van der Waals surface area contributed by atoms with Crippen molar-refractivity contribution in [1.29, 1.82) is 0 Å². The summed E-state index contributed by atoms with van der Waals surface area (Å²) in [4.78, 5) is 36.1. The molecule has 0 aliphatic carbocycles. The zero-order valence-corrected chi connectivity index (χ0v) is 17.3. The molecule has 2 N–H and O–H groups in total. The van der Waals surface area contributed by atoms with Crippen molar-refractivity contribution in [2.45, 2.75) is 39.3 Å². The first-order chi connectivity index (χ1) is 13.2. The van der Waals surface area contributed by atoms with E-state index < -0.39 is 31.1 Å². The standard InChI is InChI=1S/C19H29BN2O6/c1-12(2)17(21-13(3)23)18(24)22-16(19(25)26-4)11-14-7-9-15(10-8-14)20(27-5)28-6/h7-10,12,16-17H,11H2,1-6H3,(H,21,23)(H,22,24)/t16-,17+/m0/s1. The van der Waals surface area contributed by atoms with E-state index in [4.69, 9.17) is 14.0 Å². The molecule has 0 aromatic heterocycles. The summed E-state index contributed by atoms with van der Waals surface area (Å²) in [6.45, 7) is 4.97. The summed E-state index contributed by atoms with van der Waals surface area (Å²) >= 11 is 0. The fourth-order valence-corrected chi connectivity index (χ4v) is 2.77. The highest BCUT2D eigenvalue weighted by Gasteiger charge is 2.29. The van der Waals surface area contributed by atoms with E-state index in [0.717, 1.165) is 11.0 Å². The monoisotopic (exact) mass is 392 g/mol. The molecule has 0 heterocycles. The summed E-state index contributed by atoms with van der Waals surface area (Å²) < 4.78 is 15.2. The Morgan fingerprint density at radius 3 is 2.00 bits per heavy atom. The number of esters is 1. The van der Waals surface area contributed by atoms with Crippen molar-refractivity contribution >= 4 is 30.4 Å². The molecule has 2 atom stereocenters. The second-order valence-electron chi connectivity index (χ2n) is 6.76. The number of methoxy groups -OCH3 is 1. The van der Waals surface area contributed by atoms with Crippen LogP contribution in [0.4, 0.5) is 0 Å². The van der Waals surface area contributed by atoms with E-state index in [9.17, 15) is 14.4 Å². The van der Waals surface area contributed by atoms with Gasteiger partial charge < -0.3 is 24.7 Å². The van der Waals surface area contributed by atoms with Gasteiger partial charge in [-0.05, 0) is 16.9 Å². The lowest BCUT2D eigenvalue weighted by Crippen LogP contribution is -2.54. The summed E-state index contributed by atoms with van der Waals surface area (Å²) in [5.41, 5.74) is 1.66. The molecule has 2 amide bonds. The van der Waals surface area contributed by atoms with Gasteiger partial charge in [0.1, 0.15) is 12.1 Å². The molecule has 0 radical (unpaired) electrons. The number of amides is 2. The lowest BCUT2D eigenvalue weighted by molar-refractivity contribution is -0.145. The Hall–Kier alpha value is -2.39. The number of carbonyl (C=O) groups excluding carboxylic acids is 3. The van der Waals surface area contributed by atoms with Gasteiger partial charge in [0.15, 0.2) is 0 Å². The van der Waals surface area contributed by atoms with Crippen molar-refractivity contribution in [2.24, 2.45) is 5.92 Å². The lowest BCUT2D eigenvalue weighted by Gasteiger charge is -2.24. The van der Waals surface area contributed by atoms with E-state index in [1.807, 2.05) is 38.1 Å². The molecule has 154 valence electrons. The smallest absolute Gasteiger partial charge is 0.467 e. The number of nitrogens with one attached hydrogen (secondary N) is 2. The van der Waals surface area contributed by atoms with E-state index in [1.165, 1.54) is 14.0 Å². The third-order valence-electron chi connectivity index (χ3n) is 4.23. The minimum atomic E-state index is -0.876. The van der Waals surface area contributed by atoms with E-state index in [-0.39, 0.29) is 18.2 Å². The minimum absolute atomic E-state index is 0.137. The van der Waals surface area contributed by atoms with Crippen LogP contribution in [-0.4, -0.2) is 58.3 Å². The number of rotatable bonds is 10. The van der Waals surface area contributed by atoms with Gasteiger partial charge in [-0.3, -0.25) is 9.59 Å². The van der Waals surface area contributed by atoms with Gasteiger partial charge >= 0.3 is 13.1 Å². The predicted molar refractivity (Wildman–Crippen MR) is 106 cm³/mol. The topological polar surface area (TPSA) is 103 Å². The number of ether oxygens (including phenoxy) is 1. The van der Waals surface area contributed by atoms with Crippen LogP contribution in [0.5, 0.6) is 0 Å². The molecular formula is C19H29BN2O6. The second kappa shape index (κ2) is 11.5. The van der Waals surface area contributed by atoms with Crippen LogP contribution in [0.1, 0.15) is 26.3 Å². The molecule has 0 spiro atoms. The highest BCUT2D eigenvalue weighted by molar-refractivity contribution is 6.61. The van der Waals surface area contributed by atoms with Gasteiger partial charge in [-0.15, -0.1) is 0 Å². The summed E-state index contributed by atoms with van der Waals surface area (Å²) in [5.74, 6) is -1.45. The van der Waals surface area contributed by atoms with Crippen LogP contribution in [0.2, 0.25) is 0 Å². The van der Waals surface area contributed by atoms with E-state index in [1.54, 1.807) is 14.2 Å². The van der Waals surface area contributed by atoms with Crippen LogP contribution in [0.15, 0.2) is 24.3 Å². The van der Waals surface area contributed by atoms with Crippen molar-refractivity contribution in [3.05, 3.63) is 29.8 Å². The normalized spacial score (nSPS) is 12.8. The van der Waals surface area contributed by atoms with Crippen LogP contribution in [0.25, 0.3) is 0 Å². The van der Waals surface area contributed by atoms with Crippen molar-refractivity contribution in [3.63, 3.8) is 0 Å². The SMILES string of the molecule is COB(OC)c1ccc(C[C@H](NC(=O)[C@H](NC(C)=O)C(C)C)C(=O)OC)cc1. The van der Waals surface area contributed by atoms with E-state index in [0.29, 0.717) is 0 Å². The Kier molecular flexibility index (Phi) is 9.68. The van der Waals surface area contributed by atoms with Crippen LogP contribution >= 0.6 is 0 Å². The van der Waals surface area contributed by atoms with E-state index >= 15 is 0 Å². The van der Waals surface area contributed by atoms with Gasteiger partial charge in [0.05, 0.1) is 7.11 Å². The van der Waals surface area contributed by atoms with Crippen LogP contribution in [0.3, 0.4) is 0 Å². The largest absolute Gasteiger partial charge is 0.493 e. The van der Waals surface area contributed by atoms with Crippen LogP contribution in [0, 0.1) is 5.92 Å². The predicted octanol–water partition coefficient (Wildman–Crippen LogP) is 0.0356. The highest BCUT2D eigenvalue weighted by atomic mass is 16.6. The maximum atomic E-state index is 12.6. The Morgan fingerprint density at radius 2 is 1.57 bits per heavy atom. The van der Waals surface area contributed by atoms with Gasteiger partial charge in [0, 0.05) is 27.6 Å². The van der Waals surface area contributed by atoms with Crippen LogP contribution in [-0.2, 0) is 34.9 Å². The Balaban J connectivity index is 2.92. The lowest BCUT2D eigenvalue weighted by atomic mass is 9.78. The molecule has 0 bridgehead atoms. The molecule has 0 aliphatic rings. The van der Waals surface area contributed by atoms with Gasteiger partial charge in [-0.25, -0.2) is 4.79 Å². The third kappa shape index (κ3) is 6.97. The molecule has 0 saturated heterocycles. The number of benzene rings is 1. The Labute approximate surface area is 166 Å². The number of hydrogen-bond donors (Lipinski definition) is 2. The maximum absolute atomic E-state index is 12.6. The van der Waals surface area contributed by atoms with Gasteiger partial charge in [-0.1, -0.05) is 38.1 Å². The Bertz CT molecular complexity index is 661. The molecule has 8 nitrogen and oxygen atoms in total. The van der Waals surface area contributed by atoms with Gasteiger partial charge in [-0.2, -0.15) is 0 Å². The highest BCUT2D eigenvalue weighted by Crippen LogP contribution is 2.07. The zero-order chi connectivity index (χ0) is 21.3. The molecule has 28 heavy (non-hydrogen) atoms. The zero-order valence-electron chi connectivity index (χ0n) is 17.3. The molecule has 0 saturated carbocycles. The summed E-state index contributed by atoms with van der Waals surface area (Å²) in [6, 6.07) is 5.71. The van der Waals surface area contributed by atoms with Gasteiger partial charge in [0.25, 0.3) is 0 Å². The molecule has 9 heteroatoms. The van der Waals surface area contributed by atoms with Crippen molar-refractivity contribution in [1.82, 2.24) is 10.6 Å². The second-order valence-corrected chi connectivity index (χ2v) is 6.76. The number of hydrogen-bond acceptors (Lipinski definition) is 6. The van der Waals surface area contributed by atoms with Gasteiger partial charge in [0.2, 0.25) is 11.8 Å². The minimum Gasteiger partial charge on any atom is -0.467 e. The summed E-state index contributed by atoms with van der Waals surface area (Å²) in [6.07, 6.45) is 0.244.